The number of rotatable bonds is 4. The van der Waals surface area contributed by atoms with E-state index in [0.717, 1.165) is 16.1 Å². The summed E-state index contributed by atoms with van der Waals surface area (Å²) in [7, 11) is 0. The molecular weight excluding hydrogens is 210 g/mol. The zero-order valence-corrected chi connectivity index (χ0v) is 9.76. The maximum absolute atomic E-state index is 11.1. The molecule has 1 aromatic carbocycles. The summed E-state index contributed by atoms with van der Waals surface area (Å²) in [5.74, 6) is 0.161. The molecule has 0 bridgehead atoms. The molecule has 0 aliphatic heterocycles. The lowest BCUT2D eigenvalue weighted by molar-refractivity contribution is -0.139. The molecule has 0 saturated carbocycles. The number of nitrogen functional groups attached to an aromatic ring is 1. The number of carbonyl (C=O) groups excluding carboxylic acids is 1. The molecule has 0 amide bonds. The summed E-state index contributed by atoms with van der Waals surface area (Å²) >= 11 is 1.46. The lowest BCUT2D eigenvalue weighted by Crippen LogP contribution is -2.06. The number of esters is 1. The second kappa shape index (κ2) is 5.66. The zero-order valence-electron chi connectivity index (χ0n) is 8.95. The maximum Gasteiger partial charge on any atom is 0.316 e. The first-order valence-electron chi connectivity index (χ1n) is 4.78. The van der Waals surface area contributed by atoms with Crippen molar-refractivity contribution in [1.29, 1.82) is 0 Å². The highest BCUT2D eigenvalue weighted by Gasteiger charge is 2.03. The van der Waals surface area contributed by atoms with E-state index in [1.54, 1.807) is 6.92 Å². The molecule has 0 aliphatic carbocycles. The molecule has 3 nitrogen and oxygen atoms in total. The van der Waals surface area contributed by atoms with Gasteiger partial charge in [0.05, 0.1) is 12.4 Å². The van der Waals surface area contributed by atoms with Gasteiger partial charge in [-0.15, -0.1) is 11.8 Å². The van der Waals surface area contributed by atoms with E-state index in [2.05, 4.69) is 0 Å². The predicted molar refractivity (Wildman–Crippen MR) is 62.9 cm³/mol. The van der Waals surface area contributed by atoms with Crippen LogP contribution in [0.25, 0.3) is 0 Å². The van der Waals surface area contributed by atoms with Gasteiger partial charge in [0.1, 0.15) is 0 Å². The standard InChI is InChI=1S/C11H15NO2S/c1-3-14-11(13)7-15-9-4-5-10(12)8(2)6-9/h4-6H,3,7,12H2,1-2H3. The Balaban J connectivity index is 2.51. The van der Waals surface area contributed by atoms with E-state index < -0.39 is 0 Å². The van der Waals surface area contributed by atoms with Gasteiger partial charge in [-0.25, -0.2) is 0 Å². The number of hydrogen-bond donors (Lipinski definition) is 1. The molecule has 2 N–H and O–H groups in total. The van der Waals surface area contributed by atoms with Gasteiger partial charge in [-0.1, -0.05) is 0 Å². The molecule has 4 heteroatoms. The Labute approximate surface area is 94.0 Å². The first-order valence-corrected chi connectivity index (χ1v) is 5.76. The van der Waals surface area contributed by atoms with Crippen LogP contribution in [0.5, 0.6) is 0 Å². The molecular formula is C11H15NO2S. The molecule has 0 atom stereocenters. The van der Waals surface area contributed by atoms with Gasteiger partial charge in [-0.3, -0.25) is 4.79 Å². The van der Waals surface area contributed by atoms with Crippen molar-refractivity contribution in [2.24, 2.45) is 0 Å². The number of anilines is 1. The fourth-order valence-corrected chi connectivity index (χ4v) is 1.88. The number of carbonyl (C=O) groups is 1. The van der Waals surface area contributed by atoms with Gasteiger partial charge in [0.25, 0.3) is 0 Å². The van der Waals surface area contributed by atoms with Gasteiger partial charge in [-0.2, -0.15) is 0 Å². The minimum absolute atomic E-state index is 0.183. The molecule has 0 spiro atoms. The minimum atomic E-state index is -0.183. The first-order chi connectivity index (χ1) is 7.13. The van der Waals surface area contributed by atoms with Gasteiger partial charge < -0.3 is 10.5 Å². The minimum Gasteiger partial charge on any atom is -0.465 e. The third-order valence-corrected chi connectivity index (χ3v) is 2.87. The van der Waals surface area contributed by atoms with E-state index >= 15 is 0 Å². The number of aryl methyl sites for hydroxylation is 1. The quantitative estimate of drug-likeness (QED) is 0.485. The van der Waals surface area contributed by atoms with Crippen molar-refractivity contribution in [3.63, 3.8) is 0 Å². The van der Waals surface area contributed by atoms with Gasteiger partial charge in [-0.05, 0) is 37.6 Å². The van der Waals surface area contributed by atoms with Gasteiger partial charge in [0.15, 0.2) is 0 Å². The topological polar surface area (TPSA) is 52.3 Å². The Kier molecular flexibility index (Phi) is 4.49. The molecule has 0 radical (unpaired) electrons. The van der Waals surface area contributed by atoms with Crippen molar-refractivity contribution in [3.05, 3.63) is 23.8 Å². The first kappa shape index (κ1) is 11.9. The SMILES string of the molecule is CCOC(=O)CSc1ccc(N)c(C)c1. The summed E-state index contributed by atoms with van der Waals surface area (Å²) in [6.45, 7) is 4.18. The third-order valence-electron chi connectivity index (χ3n) is 1.90. The van der Waals surface area contributed by atoms with E-state index in [-0.39, 0.29) is 5.97 Å². The van der Waals surface area contributed by atoms with Crippen LogP contribution in [0.15, 0.2) is 23.1 Å². The van der Waals surface area contributed by atoms with E-state index in [0.29, 0.717) is 12.4 Å². The Morgan fingerprint density at radius 3 is 2.87 bits per heavy atom. The predicted octanol–water partition coefficient (Wildman–Crippen LogP) is 2.23. The summed E-state index contributed by atoms with van der Waals surface area (Å²) in [6, 6.07) is 5.73. The second-order valence-electron chi connectivity index (χ2n) is 3.11. The average Bonchev–Trinajstić information content (AvgIpc) is 2.20. The molecule has 15 heavy (non-hydrogen) atoms. The molecule has 0 aromatic heterocycles. The molecule has 82 valence electrons. The fourth-order valence-electron chi connectivity index (χ4n) is 1.08. The van der Waals surface area contributed by atoms with Crippen LogP contribution in [0.1, 0.15) is 12.5 Å². The highest BCUT2D eigenvalue weighted by Crippen LogP contribution is 2.22. The van der Waals surface area contributed by atoms with Crippen LogP contribution in [0, 0.1) is 6.92 Å². The van der Waals surface area contributed by atoms with E-state index in [9.17, 15) is 4.79 Å². The van der Waals surface area contributed by atoms with Gasteiger partial charge in [0, 0.05) is 10.6 Å². The Bertz CT molecular complexity index is 352. The molecule has 0 aliphatic rings. The number of nitrogens with two attached hydrogens (primary N) is 1. The number of thioether (sulfide) groups is 1. The molecule has 0 saturated heterocycles. The third kappa shape index (κ3) is 3.83. The smallest absolute Gasteiger partial charge is 0.316 e. The van der Waals surface area contributed by atoms with Crippen LogP contribution in [0.3, 0.4) is 0 Å². The Morgan fingerprint density at radius 1 is 1.53 bits per heavy atom. The highest BCUT2D eigenvalue weighted by atomic mass is 32.2. The summed E-state index contributed by atoms with van der Waals surface area (Å²) in [6.07, 6.45) is 0. The lowest BCUT2D eigenvalue weighted by Gasteiger charge is -2.04. The van der Waals surface area contributed by atoms with Crippen molar-refractivity contribution >= 4 is 23.4 Å². The highest BCUT2D eigenvalue weighted by molar-refractivity contribution is 8.00. The lowest BCUT2D eigenvalue weighted by atomic mass is 10.2. The van der Waals surface area contributed by atoms with Crippen LogP contribution in [0.2, 0.25) is 0 Å². The zero-order chi connectivity index (χ0) is 11.3. The number of hydrogen-bond acceptors (Lipinski definition) is 4. The second-order valence-corrected chi connectivity index (χ2v) is 4.16. The molecule has 0 heterocycles. The summed E-state index contributed by atoms with van der Waals surface area (Å²) in [5, 5.41) is 0. The van der Waals surface area contributed by atoms with E-state index in [1.807, 2.05) is 25.1 Å². The normalized spacial score (nSPS) is 10.0. The van der Waals surface area contributed by atoms with Gasteiger partial charge >= 0.3 is 5.97 Å². The van der Waals surface area contributed by atoms with Crippen molar-refractivity contribution in [1.82, 2.24) is 0 Å². The summed E-state index contributed by atoms with van der Waals surface area (Å²) in [4.78, 5) is 12.1. The monoisotopic (exact) mass is 225 g/mol. The van der Waals surface area contributed by atoms with Gasteiger partial charge in [0.2, 0.25) is 0 Å². The van der Waals surface area contributed by atoms with Crippen LogP contribution in [-0.2, 0) is 9.53 Å². The largest absolute Gasteiger partial charge is 0.465 e. The van der Waals surface area contributed by atoms with E-state index in [1.165, 1.54) is 11.8 Å². The van der Waals surface area contributed by atoms with Crippen molar-refractivity contribution in [2.45, 2.75) is 18.7 Å². The maximum atomic E-state index is 11.1. The van der Waals surface area contributed by atoms with Crippen molar-refractivity contribution in [2.75, 3.05) is 18.1 Å². The molecule has 1 rings (SSSR count). The molecule has 0 unspecified atom stereocenters. The van der Waals surface area contributed by atoms with Crippen LogP contribution in [0.4, 0.5) is 5.69 Å². The van der Waals surface area contributed by atoms with Crippen molar-refractivity contribution in [3.8, 4) is 0 Å². The summed E-state index contributed by atoms with van der Waals surface area (Å²) in [5.41, 5.74) is 7.50. The number of benzene rings is 1. The fraction of sp³-hybridized carbons (Fsp3) is 0.364. The number of ether oxygens (including phenoxy) is 1. The Hall–Kier alpha value is -1.16. The van der Waals surface area contributed by atoms with Crippen LogP contribution >= 0.6 is 11.8 Å². The summed E-state index contributed by atoms with van der Waals surface area (Å²) < 4.78 is 4.83. The Morgan fingerprint density at radius 2 is 2.27 bits per heavy atom. The van der Waals surface area contributed by atoms with Crippen molar-refractivity contribution < 1.29 is 9.53 Å². The van der Waals surface area contributed by atoms with Crippen LogP contribution < -0.4 is 5.73 Å². The molecule has 0 fully saturated rings. The van der Waals surface area contributed by atoms with Crippen LogP contribution in [-0.4, -0.2) is 18.3 Å². The van der Waals surface area contributed by atoms with E-state index in [4.69, 9.17) is 10.5 Å². The average molecular weight is 225 g/mol. The molecule has 1 aromatic rings.